The largest absolute Gasteiger partial charge is 0.454 e. The number of carbonyl (C=O) groups is 1. The van der Waals surface area contributed by atoms with Gasteiger partial charge in [-0.3, -0.25) is 4.79 Å². The van der Waals surface area contributed by atoms with E-state index in [0.29, 0.717) is 27.6 Å². The summed E-state index contributed by atoms with van der Waals surface area (Å²) >= 11 is 1.44. The maximum absolute atomic E-state index is 12.7. The van der Waals surface area contributed by atoms with E-state index in [1.165, 1.54) is 17.4 Å². The van der Waals surface area contributed by atoms with E-state index in [1.807, 2.05) is 19.1 Å². The number of amides is 1. The molecule has 0 radical (unpaired) electrons. The lowest BCUT2D eigenvalue weighted by Crippen LogP contribution is -2.13. The quantitative estimate of drug-likeness (QED) is 0.628. The smallest absolute Gasteiger partial charge is 0.266 e. The standard InChI is InChI=1S/C21H17N3O3S/c1-12-6-17-18(27-11-26-17)8-13(12)7-14(9-22)20(25)24-21-16(10-23)15-4-2-3-5-19(15)28-21/h6-8H,2-5,11H2,1H3,(H,24,25)/b14-7+. The van der Waals surface area contributed by atoms with Crippen LogP contribution in [0.25, 0.3) is 6.08 Å². The SMILES string of the molecule is Cc1cc2c(cc1/C=C(\C#N)C(=O)Nc1sc3c(c1C#N)CCCC3)OCO2. The molecule has 2 heterocycles. The highest BCUT2D eigenvalue weighted by atomic mass is 32.1. The van der Waals surface area contributed by atoms with Gasteiger partial charge in [0.25, 0.3) is 5.91 Å². The van der Waals surface area contributed by atoms with E-state index in [4.69, 9.17) is 9.47 Å². The van der Waals surface area contributed by atoms with Gasteiger partial charge in [-0.1, -0.05) is 0 Å². The summed E-state index contributed by atoms with van der Waals surface area (Å²) < 4.78 is 10.7. The lowest BCUT2D eigenvalue weighted by molar-refractivity contribution is -0.112. The normalized spacial score (nSPS) is 14.8. The van der Waals surface area contributed by atoms with Crippen molar-refractivity contribution in [2.45, 2.75) is 32.6 Å². The monoisotopic (exact) mass is 391 g/mol. The van der Waals surface area contributed by atoms with Crippen molar-refractivity contribution in [1.82, 2.24) is 0 Å². The molecule has 1 aliphatic carbocycles. The van der Waals surface area contributed by atoms with Gasteiger partial charge in [-0.15, -0.1) is 11.3 Å². The van der Waals surface area contributed by atoms with Gasteiger partial charge in [0.2, 0.25) is 6.79 Å². The number of nitrogens with zero attached hydrogens (tertiary/aromatic N) is 2. The highest BCUT2D eigenvalue weighted by Gasteiger charge is 2.23. The van der Waals surface area contributed by atoms with E-state index >= 15 is 0 Å². The molecule has 28 heavy (non-hydrogen) atoms. The summed E-state index contributed by atoms with van der Waals surface area (Å²) in [5, 5.41) is 22.3. The van der Waals surface area contributed by atoms with Crippen molar-refractivity contribution in [3.63, 3.8) is 0 Å². The van der Waals surface area contributed by atoms with Gasteiger partial charge < -0.3 is 14.8 Å². The average molecular weight is 391 g/mol. The maximum Gasteiger partial charge on any atom is 0.266 e. The van der Waals surface area contributed by atoms with Crippen molar-refractivity contribution in [3.8, 4) is 23.6 Å². The summed E-state index contributed by atoms with van der Waals surface area (Å²) in [5.74, 6) is 0.724. The number of benzene rings is 1. The summed E-state index contributed by atoms with van der Waals surface area (Å²) in [4.78, 5) is 13.9. The van der Waals surface area contributed by atoms with E-state index in [0.717, 1.165) is 41.7 Å². The van der Waals surface area contributed by atoms with Crippen LogP contribution in [0.1, 0.15) is 40.0 Å². The number of thiophene rings is 1. The Bertz CT molecular complexity index is 1090. The third kappa shape index (κ3) is 3.21. The first-order chi connectivity index (χ1) is 13.6. The zero-order valence-electron chi connectivity index (χ0n) is 15.3. The van der Waals surface area contributed by atoms with Crippen molar-refractivity contribution < 1.29 is 14.3 Å². The molecule has 0 fully saturated rings. The number of anilines is 1. The maximum atomic E-state index is 12.7. The van der Waals surface area contributed by atoms with E-state index in [2.05, 4.69) is 11.4 Å². The molecule has 2 aromatic rings. The van der Waals surface area contributed by atoms with E-state index < -0.39 is 5.91 Å². The zero-order valence-corrected chi connectivity index (χ0v) is 16.1. The first-order valence-electron chi connectivity index (χ1n) is 8.98. The number of fused-ring (bicyclic) bond motifs is 2. The summed E-state index contributed by atoms with van der Waals surface area (Å²) in [6.07, 6.45) is 5.48. The molecule has 0 spiro atoms. The van der Waals surface area contributed by atoms with Crippen LogP contribution in [0.4, 0.5) is 5.00 Å². The van der Waals surface area contributed by atoms with Crippen LogP contribution in [-0.4, -0.2) is 12.7 Å². The number of hydrogen-bond acceptors (Lipinski definition) is 6. The van der Waals surface area contributed by atoms with Gasteiger partial charge in [0.05, 0.1) is 5.56 Å². The van der Waals surface area contributed by atoms with Gasteiger partial charge in [-0.25, -0.2) is 0 Å². The number of aryl methyl sites for hydroxylation is 2. The zero-order chi connectivity index (χ0) is 19.7. The highest BCUT2D eigenvalue weighted by Crippen LogP contribution is 2.38. The Morgan fingerprint density at radius 1 is 1.21 bits per heavy atom. The van der Waals surface area contributed by atoms with Gasteiger partial charge in [0.15, 0.2) is 11.5 Å². The number of ether oxygens (including phenoxy) is 2. The lowest BCUT2D eigenvalue weighted by atomic mass is 9.96. The van der Waals surface area contributed by atoms with Crippen LogP contribution in [0.2, 0.25) is 0 Å². The fraction of sp³-hybridized carbons (Fsp3) is 0.286. The van der Waals surface area contributed by atoms with Crippen LogP contribution in [0.15, 0.2) is 17.7 Å². The van der Waals surface area contributed by atoms with Crippen LogP contribution in [0.5, 0.6) is 11.5 Å². The van der Waals surface area contributed by atoms with Crippen LogP contribution in [-0.2, 0) is 17.6 Å². The van der Waals surface area contributed by atoms with Crippen molar-refractivity contribution >= 4 is 28.3 Å². The molecule has 1 aliphatic heterocycles. The van der Waals surface area contributed by atoms with Gasteiger partial charge in [0, 0.05) is 4.88 Å². The summed E-state index contributed by atoms with van der Waals surface area (Å²) in [6, 6.07) is 7.76. The molecule has 4 rings (SSSR count). The molecule has 140 valence electrons. The number of nitrogens with one attached hydrogen (secondary N) is 1. The summed E-state index contributed by atoms with van der Waals surface area (Å²) in [6.45, 7) is 2.04. The number of rotatable bonds is 3. The Balaban J connectivity index is 1.63. The summed E-state index contributed by atoms with van der Waals surface area (Å²) in [5.41, 5.74) is 3.13. The van der Waals surface area contributed by atoms with Crippen molar-refractivity contribution in [2.75, 3.05) is 12.1 Å². The van der Waals surface area contributed by atoms with E-state index in [-0.39, 0.29) is 12.4 Å². The molecule has 0 atom stereocenters. The fourth-order valence-electron chi connectivity index (χ4n) is 3.46. The molecule has 6 nitrogen and oxygen atoms in total. The molecule has 0 saturated heterocycles. The predicted molar refractivity (Wildman–Crippen MR) is 105 cm³/mol. The third-order valence-corrected chi connectivity index (χ3v) is 6.14. The van der Waals surface area contributed by atoms with Crippen molar-refractivity contribution in [3.05, 3.63) is 44.8 Å². The van der Waals surface area contributed by atoms with Crippen LogP contribution < -0.4 is 14.8 Å². The Labute approximate surface area is 166 Å². The molecule has 2 aliphatic rings. The van der Waals surface area contributed by atoms with Crippen molar-refractivity contribution in [2.24, 2.45) is 0 Å². The van der Waals surface area contributed by atoms with Gasteiger partial charge in [-0.05, 0) is 67.5 Å². The van der Waals surface area contributed by atoms with Gasteiger partial charge in [-0.2, -0.15) is 10.5 Å². The second kappa shape index (κ2) is 7.38. The second-order valence-electron chi connectivity index (χ2n) is 6.71. The van der Waals surface area contributed by atoms with Crippen molar-refractivity contribution in [1.29, 1.82) is 10.5 Å². The molecule has 0 unspecified atom stereocenters. The molecule has 0 bridgehead atoms. The van der Waals surface area contributed by atoms with Gasteiger partial charge >= 0.3 is 0 Å². The van der Waals surface area contributed by atoms with Gasteiger partial charge in [0.1, 0.15) is 22.7 Å². The Morgan fingerprint density at radius 3 is 2.71 bits per heavy atom. The molecular weight excluding hydrogens is 374 g/mol. The molecule has 1 N–H and O–H groups in total. The third-order valence-electron chi connectivity index (χ3n) is 4.94. The molecule has 7 heteroatoms. The van der Waals surface area contributed by atoms with Crippen LogP contribution in [0.3, 0.4) is 0 Å². The molecule has 0 saturated carbocycles. The van der Waals surface area contributed by atoms with Crippen LogP contribution >= 0.6 is 11.3 Å². The Morgan fingerprint density at radius 2 is 1.96 bits per heavy atom. The minimum absolute atomic E-state index is 0.0303. The predicted octanol–water partition coefficient (Wildman–Crippen LogP) is 4.08. The minimum Gasteiger partial charge on any atom is -0.454 e. The Hall–Kier alpha value is -3.29. The number of hydrogen-bond donors (Lipinski definition) is 1. The van der Waals surface area contributed by atoms with E-state index in [1.54, 1.807) is 6.07 Å². The number of nitriles is 2. The first kappa shape index (κ1) is 18.1. The minimum atomic E-state index is -0.519. The molecule has 1 amide bonds. The lowest BCUT2D eigenvalue weighted by Gasteiger charge is -2.09. The summed E-state index contributed by atoms with van der Waals surface area (Å²) in [7, 11) is 0. The van der Waals surface area contributed by atoms with E-state index in [9.17, 15) is 15.3 Å². The Kier molecular flexibility index (Phi) is 4.77. The molecular formula is C21H17N3O3S. The average Bonchev–Trinajstić information content (AvgIpc) is 3.28. The second-order valence-corrected chi connectivity index (χ2v) is 7.82. The van der Waals surface area contributed by atoms with Crippen LogP contribution in [0, 0.1) is 29.6 Å². The first-order valence-corrected chi connectivity index (χ1v) is 9.80. The molecule has 1 aromatic carbocycles. The number of carbonyl (C=O) groups excluding carboxylic acids is 1. The highest BCUT2D eigenvalue weighted by molar-refractivity contribution is 7.16. The topological polar surface area (TPSA) is 95.1 Å². The molecule has 1 aromatic heterocycles. The fourth-order valence-corrected chi connectivity index (χ4v) is 4.70.